The minimum absolute atomic E-state index is 0. The Bertz CT molecular complexity index is 768. The van der Waals surface area contributed by atoms with Crippen LogP contribution in [-0.2, 0) is 17.8 Å². The molecule has 0 atom stereocenters. The molecular formula is C25H35BrN2O. The summed E-state index contributed by atoms with van der Waals surface area (Å²) in [6.45, 7) is 7.98. The molecule has 1 heterocycles. The van der Waals surface area contributed by atoms with Crippen LogP contribution in [0, 0.1) is 6.92 Å². The molecule has 0 unspecified atom stereocenters. The first-order valence-corrected chi connectivity index (χ1v) is 10.9. The number of aryl methyl sites for hydroxylation is 2. The van der Waals surface area contributed by atoms with Gasteiger partial charge in [0.2, 0.25) is 0 Å². The number of benzene rings is 2. The fourth-order valence-electron chi connectivity index (χ4n) is 4.57. The summed E-state index contributed by atoms with van der Waals surface area (Å²) in [5, 5.41) is 3.29. The van der Waals surface area contributed by atoms with E-state index in [-0.39, 0.29) is 22.9 Å². The number of hydrogen-bond donors (Lipinski definition) is 1. The van der Waals surface area contributed by atoms with Crippen LogP contribution in [-0.4, -0.2) is 30.0 Å². The molecule has 0 saturated carbocycles. The number of quaternary nitrogens is 1. The van der Waals surface area contributed by atoms with Gasteiger partial charge in [-0.2, -0.15) is 0 Å². The van der Waals surface area contributed by atoms with Gasteiger partial charge in [-0.25, -0.2) is 0 Å². The second-order valence-electron chi connectivity index (χ2n) is 8.41. The highest BCUT2D eigenvalue weighted by Gasteiger charge is 2.32. The van der Waals surface area contributed by atoms with Gasteiger partial charge in [-0.15, -0.1) is 0 Å². The fraction of sp³-hybridized carbons (Fsp3) is 0.480. The zero-order chi connectivity index (χ0) is 19.8. The summed E-state index contributed by atoms with van der Waals surface area (Å²) in [5.41, 5.74) is 4.77. The van der Waals surface area contributed by atoms with Crippen molar-refractivity contribution < 1.29 is 26.3 Å². The van der Waals surface area contributed by atoms with Gasteiger partial charge in [-0.05, 0) is 50.2 Å². The van der Waals surface area contributed by atoms with Gasteiger partial charge in [0.05, 0.1) is 13.1 Å². The molecule has 158 valence electrons. The maximum absolute atomic E-state index is 13.2. The second kappa shape index (κ2) is 11.5. The van der Waals surface area contributed by atoms with E-state index in [9.17, 15) is 4.79 Å². The first-order valence-electron chi connectivity index (χ1n) is 10.9. The summed E-state index contributed by atoms with van der Waals surface area (Å²) in [5.74, 6) is 0.157. The minimum Gasteiger partial charge on any atom is -1.00 e. The number of amides is 1. The SMILES string of the molecule is CCCc1cccc(C)c1NC(=O)C[N+]1(Cc2ccccc2)CCCCCC1.[Br-]. The van der Waals surface area contributed by atoms with Crippen LogP contribution in [0.15, 0.2) is 48.5 Å². The molecule has 0 radical (unpaired) electrons. The second-order valence-corrected chi connectivity index (χ2v) is 8.41. The number of hydrogen-bond acceptors (Lipinski definition) is 1. The van der Waals surface area contributed by atoms with Crippen LogP contribution in [0.4, 0.5) is 5.69 Å². The summed E-state index contributed by atoms with van der Waals surface area (Å²) < 4.78 is 0.880. The van der Waals surface area contributed by atoms with Gasteiger partial charge < -0.3 is 26.8 Å². The summed E-state index contributed by atoms with van der Waals surface area (Å²) in [6.07, 6.45) is 7.09. The van der Waals surface area contributed by atoms with Crippen molar-refractivity contribution in [3.63, 3.8) is 0 Å². The van der Waals surface area contributed by atoms with Crippen LogP contribution in [0.5, 0.6) is 0 Å². The molecule has 2 aromatic rings. The average Bonchev–Trinajstić information content (AvgIpc) is 2.91. The summed E-state index contributed by atoms with van der Waals surface area (Å²) in [6, 6.07) is 17.0. The molecule has 0 bridgehead atoms. The van der Waals surface area contributed by atoms with Crippen molar-refractivity contribution in [1.29, 1.82) is 0 Å². The monoisotopic (exact) mass is 458 g/mol. The summed E-state index contributed by atoms with van der Waals surface area (Å²) >= 11 is 0. The zero-order valence-corrected chi connectivity index (χ0v) is 19.5. The predicted molar refractivity (Wildman–Crippen MR) is 117 cm³/mol. The van der Waals surface area contributed by atoms with Gasteiger partial charge >= 0.3 is 0 Å². The third-order valence-electron chi connectivity index (χ3n) is 6.00. The maximum atomic E-state index is 13.2. The largest absolute Gasteiger partial charge is 1.00 e. The molecule has 29 heavy (non-hydrogen) atoms. The van der Waals surface area contributed by atoms with E-state index in [2.05, 4.69) is 67.7 Å². The molecule has 1 saturated heterocycles. The van der Waals surface area contributed by atoms with Crippen LogP contribution in [0.3, 0.4) is 0 Å². The molecule has 0 aromatic heterocycles. The van der Waals surface area contributed by atoms with Crippen molar-refractivity contribution >= 4 is 11.6 Å². The molecule has 3 nitrogen and oxygen atoms in total. The smallest absolute Gasteiger partial charge is 0.279 e. The Balaban J connectivity index is 0.00000300. The third-order valence-corrected chi connectivity index (χ3v) is 6.00. The van der Waals surface area contributed by atoms with E-state index in [4.69, 9.17) is 0 Å². The van der Waals surface area contributed by atoms with Gasteiger partial charge in [0.15, 0.2) is 6.54 Å². The first kappa shape index (κ1) is 23.6. The zero-order valence-electron chi connectivity index (χ0n) is 17.9. The topological polar surface area (TPSA) is 29.1 Å². The fourth-order valence-corrected chi connectivity index (χ4v) is 4.57. The molecule has 1 aliphatic rings. The van der Waals surface area contributed by atoms with E-state index in [1.807, 2.05) is 0 Å². The van der Waals surface area contributed by atoms with E-state index < -0.39 is 0 Å². The van der Waals surface area contributed by atoms with Gasteiger partial charge in [-0.1, -0.05) is 61.9 Å². The molecule has 4 heteroatoms. The number of carbonyl (C=O) groups is 1. The Hall–Kier alpha value is -1.65. The van der Waals surface area contributed by atoms with Crippen molar-refractivity contribution in [2.45, 2.75) is 58.9 Å². The summed E-state index contributed by atoms with van der Waals surface area (Å²) in [4.78, 5) is 13.2. The lowest BCUT2D eigenvalue weighted by molar-refractivity contribution is -0.932. The van der Waals surface area contributed by atoms with E-state index in [0.717, 1.165) is 48.2 Å². The van der Waals surface area contributed by atoms with E-state index in [1.165, 1.54) is 36.8 Å². The van der Waals surface area contributed by atoms with Crippen LogP contribution >= 0.6 is 0 Å². The lowest BCUT2D eigenvalue weighted by Gasteiger charge is -2.37. The highest BCUT2D eigenvalue weighted by molar-refractivity contribution is 5.93. The average molecular weight is 459 g/mol. The van der Waals surface area contributed by atoms with Crippen LogP contribution in [0.2, 0.25) is 0 Å². The molecule has 1 amide bonds. The number of para-hydroxylation sites is 1. The molecule has 3 rings (SSSR count). The Morgan fingerprint density at radius 3 is 2.31 bits per heavy atom. The molecule has 1 aliphatic heterocycles. The first-order chi connectivity index (χ1) is 13.6. The predicted octanol–water partition coefficient (Wildman–Crippen LogP) is 2.48. The Morgan fingerprint density at radius 2 is 1.66 bits per heavy atom. The van der Waals surface area contributed by atoms with Crippen molar-refractivity contribution in [1.82, 2.24) is 0 Å². The highest BCUT2D eigenvalue weighted by Crippen LogP contribution is 2.25. The van der Waals surface area contributed by atoms with Gasteiger partial charge in [0.25, 0.3) is 5.91 Å². The van der Waals surface area contributed by atoms with Gasteiger partial charge in [-0.3, -0.25) is 4.79 Å². The number of nitrogens with one attached hydrogen (secondary N) is 1. The minimum atomic E-state index is 0. The van der Waals surface area contributed by atoms with Crippen LogP contribution in [0.25, 0.3) is 0 Å². The molecule has 1 fully saturated rings. The number of anilines is 1. The van der Waals surface area contributed by atoms with Crippen molar-refractivity contribution in [2.75, 3.05) is 25.0 Å². The Labute approximate surface area is 186 Å². The number of rotatable bonds is 7. The molecule has 1 N–H and O–H groups in total. The van der Waals surface area contributed by atoms with Gasteiger partial charge in [0.1, 0.15) is 6.54 Å². The Morgan fingerprint density at radius 1 is 0.966 bits per heavy atom. The standard InChI is InChI=1S/C25H34N2O.BrH/c1-3-12-23-16-11-13-21(2)25(23)26-24(28)20-27(17-9-4-5-10-18-27)19-22-14-7-6-8-15-22;/h6-8,11,13-16H,3-5,9-10,12,17-20H2,1-2H3;1H. The lowest BCUT2D eigenvalue weighted by atomic mass is 10.0. The number of nitrogens with zero attached hydrogens (tertiary/aromatic N) is 1. The molecule has 0 spiro atoms. The van der Waals surface area contributed by atoms with E-state index in [1.54, 1.807) is 0 Å². The highest BCUT2D eigenvalue weighted by atomic mass is 79.9. The Kier molecular flexibility index (Phi) is 9.38. The molecular weight excluding hydrogens is 424 g/mol. The number of carbonyl (C=O) groups excluding carboxylic acids is 1. The number of halogens is 1. The third kappa shape index (κ3) is 6.68. The normalized spacial score (nSPS) is 15.8. The summed E-state index contributed by atoms with van der Waals surface area (Å²) in [7, 11) is 0. The number of likely N-dealkylation sites (tertiary alicyclic amines) is 1. The van der Waals surface area contributed by atoms with Gasteiger partial charge in [0, 0.05) is 11.3 Å². The lowest BCUT2D eigenvalue weighted by Crippen LogP contribution is -3.00. The quantitative estimate of drug-likeness (QED) is 0.634. The van der Waals surface area contributed by atoms with Crippen molar-refractivity contribution in [3.8, 4) is 0 Å². The van der Waals surface area contributed by atoms with E-state index >= 15 is 0 Å². The maximum Gasteiger partial charge on any atom is 0.279 e. The van der Waals surface area contributed by atoms with Crippen molar-refractivity contribution in [3.05, 3.63) is 65.2 Å². The molecule has 0 aliphatic carbocycles. The van der Waals surface area contributed by atoms with Crippen LogP contribution < -0.4 is 22.3 Å². The molecule has 2 aromatic carbocycles. The van der Waals surface area contributed by atoms with Crippen LogP contribution in [0.1, 0.15) is 55.7 Å². The van der Waals surface area contributed by atoms with Crippen molar-refractivity contribution in [2.24, 2.45) is 0 Å². The van der Waals surface area contributed by atoms with E-state index in [0.29, 0.717) is 6.54 Å².